The van der Waals surface area contributed by atoms with Crippen molar-refractivity contribution in [3.8, 4) is 0 Å². The van der Waals surface area contributed by atoms with Crippen LogP contribution in [0.2, 0.25) is 0 Å². The minimum absolute atomic E-state index is 0.501. The lowest BCUT2D eigenvalue weighted by Gasteiger charge is -2.12. The van der Waals surface area contributed by atoms with Gasteiger partial charge in [-0.1, -0.05) is 26.0 Å². The molecule has 0 unspecified atom stereocenters. The van der Waals surface area contributed by atoms with Gasteiger partial charge in [-0.3, -0.25) is 9.48 Å². The third-order valence-corrected chi connectivity index (χ3v) is 4.43. The smallest absolute Gasteiger partial charge is 0.150 e. The molecule has 0 aliphatic heterocycles. The topological polar surface area (TPSA) is 34.9 Å². The van der Waals surface area contributed by atoms with Crippen molar-refractivity contribution in [1.82, 2.24) is 9.78 Å². The Balaban J connectivity index is 1.95. The van der Waals surface area contributed by atoms with Crippen LogP contribution < -0.4 is 0 Å². The van der Waals surface area contributed by atoms with Crippen molar-refractivity contribution in [3.05, 3.63) is 47.8 Å². The third-order valence-electron chi connectivity index (χ3n) is 3.38. The van der Waals surface area contributed by atoms with Gasteiger partial charge in [0.15, 0.2) is 0 Å². The molecule has 1 aromatic heterocycles. The van der Waals surface area contributed by atoms with E-state index in [4.69, 9.17) is 0 Å². The van der Waals surface area contributed by atoms with E-state index in [0.29, 0.717) is 11.6 Å². The number of carbonyl (C=O) groups excluding carboxylic acids is 1. The molecular formula is C16H20N2OS. The number of benzene rings is 1. The first-order valence-corrected chi connectivity index (χ1v) is 7.97. The van der Waals surface area contributed by atoms with Gasteiger partial charge in [0, 0.05) is 22.4 Å². The van der Waals surface area contributed by atoms with Crippen LogP contribution in [0.15, 0.2) is 41.4 Å². The summed E-state index contributed by atoms with van der Waals surface area (Å²) < 4.78 is 2.07. The summed E-state index contributed by atoms with van der Waals surface area (Å²) in [5, 5.41) is 4.64. The highest BCUT2D eigenvalue weighted by atomic mass is 32.2. The van der Waals surface area contributed by atoms with E-state index in [9.17, 15) is 4.79 Å². The van der Waals surface area contributed by atoms with Crippen LogP contribution in [0.5, 0.6) is 0 Å². The van der Waals surface area contributed by atoms with Gasteiger partial charge >= 0.3 is 0 Å². The van der Waals surface area contributed by atoms with Crippen LogP contribution in [0.4, 0.5) is 0 Å². The number of hydrogen-bond donors (Lipinski definition) is 0. The van der Waals surface area contributed by atoms with E-state index in [2.05, 4.69) is 35.9 Å². The Morgan fingerprint density at radius 2 is 1.90 bits per heavy atom. The summed E-state index contributed by atoms with van der Waals surface area (Å²) in [4.78, 5) is 11.8. The number of aromatic nitrogens is 2. The molecule has 0 amide bonds. The fourth-order valence-electron chi connectivity index (χ4n) is 2.12. The van der Waals surface area contributed by atoms with Crippen molar-refractivity contribution in [2.24, 2.45) is 0 Å². The fraction of sp³-hybridized carbons (Fsp3) is 0.375. The average molecular weight is 288 g/mol. The molecule has 4 heteroatoms. The van der Waals surface area contributed by atoms with E-state index >= 15 is 0 Å². The van der Waals surface area contributed by atoms with Crippen molar-refractivity contribution in [2.45, 2.75) is 43.4 Å². The van der Waals surface area contributed by atoms with E-state index in [1.165, 1.54) is 0 Å². The van der Waals surface area contributed by atoms with Crippen LogP contribution in [-0.2, 0) is 5.75 Å². The third kappa shape index (κ3) is 3.73. The lowest BCUT2D eigenvalue weighted by atomic mass is 10.2. The molecule has 106 valence electrons. The molecule has 1 aromatic carbocycles. The Kier molecular flexibility index (Phi) is 5.41. The number of nitrogens with zero attached hydrogens (tertiary/aromatic N) is 2. The first-order valence-electron chi connectivity index (χ1n) is 6.98. The summed E-state index contributed by atoms with van der Waals surface area (Å²) in [6.07, 6.45) is 5.16. The van der Waals surface area contributed by atoms with E-state index in [-0.39, 0.29) is 0 Å². The van der Waals surface area contributed by atoms with E-state index < -0.39 is 0 Å². The zero-order valence-corrected chi connectivity index (χ0v) is 12.8. The quantitative estimate of drug-likeness (QED) is 0.561. The molecule has 0 spiro atoms. The second-order valence-electron chi connectivity index (χ2n) is 4.73. The van der Waals surface area contributed by atoms with Gasteiger partial charge < -0.3 is 0 Å². The van der Waals surface area contributed by atoms with Gasteiger partial charge in [0.2, 0.25) is 0 Å². The van der Waals surface area contributed by atoms with Gasteiger partial charge in [0.25, 0.3) is 0 Å². The maximum absolute atomic E-state index is 10.6. The van der Waals surface area contributed by atoms with Crippen LogP contribution in [0, 0.1) is 0 Å². The molecule has 1 heterocycles. The molecule has 0 aliphatic rings. The first kappa shape index (κ1) is 14.9. The van der Waals surface area contributed by atoms with Gasteiger partial charge in [0.1, 0.15) is 6.29 Å². The normalized spacial score (nSPS) is 10.9. The molecule has 0 radical (unpaired) electrons. The van der Waals surface area contributed by atoms with Gasteiger partial charge in [-0.2, -0.15) is 5.10 Å². The lowest BCUT2D eigenvalue weighted by molar-refractivity contribution is 0.112. The van der Waals surface area contributed by atoms with Crippen LogP contribution >= 0.6 is 11.8 Å². The largest absolute Gasteiger partial charge is 0.298 e. The molecule has 0 saturated heterocycles. The number of aldehydes is 1. The Hall–Kier alpha value is -1.55. The van der Waals surface area contributed by atoms with Crippen molar-refractivity contribution >= 4 is 18.0 Å². The van der Waals surface area contributed by atoms with Gasteiger partial charge in [0.05, 0.1) is 11.7 Å². The van der Waals surface area contributed by atoms with E-state index in [1.54, 1.807) is 11.8 Å². The summed E-state index contributed by atoms with van der Waals surface area (Å²) in [5.74, 6) is 0.855. The summed E-state index contributed by atoms with van der Waals surface area (Å²) in [6.45, 7) is 4.39. The average Bonchev–Trinajstić information content (AvgIpc) is 2.96. The number of thioether (sulfide) groups is 1. The SMILES string of the molecule is CCC(CC)n1ccc(CSc2ccc(C=O)cc2)n1. The zero-order valence-electron chi connectivity index (χ0n) is 12.0. The van der Waals surface area contributed by atoms with E-state index in [1.807, 2.05) is 24.3 Å². The van der Waals surface area contributed by atoms with Crippen molar-refractivity contribution < 1.29 is 4.79 Å². The summed E-state index contributed by atoms with van der Waals surface area (Å²) in [6, 6.07) is 10.2. The maximum atomic E-state index is 10.6. The minimum atomic E-state index is 0.501. The Morgan fingerprint density at radius 3 is 2.50 bits per heavy atom. The Bertz CT molecular complexity index is 544. The van der Waals surface area contributed by atoms with Crippen LogP contribution in [-0.4, -0.2) is 16.1 Å². The molecule has 0 aliphatic carbocycles. The minimum Gasteiger partial charge on any atom is -0.298 e. The highest BCUT2D eigenvalue weighted by molar-refractivity contribution is 7.98. The fourth-order valence-corrected chi connectivity index (χ4v) is 2.92. The number of hydrogen-bond acceptors (Lipinski definition) is 3. The molecule has 0 fully saturated rings. The lowest BCUT2D eigenvalue weighted by Crippen LogP contribution is -2.07. The zero-order chi connectivity index (χ0) is 14.4. The van der Waals surface area contributed by atoms with Crippen LogP contribution in [0.25, 0.3) is 0 Å². The molecule has 0 bridgehead atoms. The standard InChI is InChI=1S/C16H20N2OS/c1-3-15(4-2)18-10-9-14(17-18)12-20-16-7-5-13(11-19)6-8-16/h5-11,15H,3-4,12H2,1-2H3. The monoisotopic (exact) mass is 288 g/mol. The van der Waals surface area contributed by atoms with Crippen molar-refractivity contribution in [1.29, 1.82) is 0 Å². The maximum Gasteiger partial charge on any atom is 0.150 e. The van der Waals surface area contributed by atoms with Crippen molar-refractivity contribution in [2.75, 3.05) is 0 Å². The summed E-state index contributed by atoms with van der Waals surface area (Å²) in [7, 11) is 0. The van der Waals surface area contributed by atoms with E-state index in [0.717, 1.165) is 35.5 Å². The van der Waals surface area contributed by atoms with Gasteiger partial charge in [-0.15, -0.1) is 11.8 Å². The molecule has 20 heavy (non-hydrogen) atoms. The first-order chi connectivity index (χ1) is 9.76. The number of carbonyl (C=O) groups is 1. The predicted molar refractivity (Wildman–Crippen MR) is 83.2 cm³/mol. The summed E-state index contributed by atoms with van der Waals surface area (Å²) in [5.41, 5.74) is 1.81. The highest BCUT2D eigenvalue weighted by Crippen LogP contribution is 2.23. The van der Waals surface area contributed by atoms with Crippen LogP contribution in [0.3, 0.4) is 0 Å². The molecule has 2 aromatic rings. The molecule has 0 atom stereocenters. The van der Waals surface area contributed by atoms with Gasteiger partial charge in [-0.05, 0) is 31.0 Å². The van der Waals surface area contributed by atoms with Crippen LogP contribution in [0.1, 0.15) is 48.8 Å². The van der Waals surface area contributed by atoms with Gasteiger partial charge in [-0.25, -0.2) is 0 Å². The second-order valence-corrected chi connectivity index (χ2v) is 5.78. The molecule has 2 rings (SSSR count). The molecule has 3 nitrogen and oxygen atoms in total. The predicted octanol–water partition coefficient (Wildman–Crippen LogP) is 4.35. The number of rotatable bonds is 7. The highest BCUT2D eigenvalue weighted by Gasteiger charge is 2.08. The Labute approximate surface area is 124 Å². The molecule has 0 N–H and O–H groups in total. The molecular weight excluding hydrogens is 268 g/mol. The summed E-state index contributed by atoms with van der Waals surface area (Å²) >= 11 is 1.74. The Morgan fingerprint density at radius 1 is 1.20 bits per heavy atom. The van der Waals surface area contributed by atoms with Crippen molar-refractivity contribution in [3.63, 3.8) is 0 Å². The molecule has 0 saturated carbocycles. The second kappa shape index (κ2) is 7.29.